The Morgan fingerprint density at radius 3 is 2.23 bits per heavy atom. The first-order chi connectivity index (χ1) is 18.4. The van der Waals surface area contributed by atoms with E-state index in [-0.39, 0.29) is 17.7 Å². The van der Waals surface area contributed by atoms with Crippen LogP contribution in [0.5, 0.6) is 5.75 Å². The molecule has 4 rings (SSSR count). The van der Waals surface area contributed by atoms with Crippen LogP contribution >= 0.6 is 0 Å². The number of aliphatic hydroxyl groups excluding tert-OH is 2. The van der Waals surface area contributed by atoms with Crippen LogP contribution in [0.1, 0.15) is 68.4 Å². The number of aromatic hydroxyl groups is 1. The molecule has 40 heavy (non-hydrogen) atoms. The summed E-state index contributed by atoms with van der Waals surface area (Å²) < 4.78 is 5.82. The van der Waals surface area contributed by atoms with E-state index in [1.54, 1.807) is 26.0 Å². The van der Waals surface area contributed by atoms with Gasteiger partial charge in [-0.05, 0) is 31.0 Å². The molecule has 0 spiro atoms. The van der Waals surface area contributed by atoms with Gasteiger partial charge in [-0.25, -0.2) is 0 Å². The Labute approximate surface area is 231 Å². The molecule has 3 aliphatic rings. The monoisotopic (exact) mass is 556 g/mol. The Balaban J connectivity index is 2.11. The minimum Gasteiger partial charge on any atom is -0.510 e. The number of benzene rings is 1. The number of nitrogens with zero attached hydrogens (tertiary/aromatic N) is 1. The van der Waals surface area contributed by atoms with Crippen LogP contribution < -0.4 is 5.73 Å². The number of primary amides is 1. The van der Waals surface area contributed by atoms with E-state index in [0.29, 0.717) is 11.1 Å². The molecule has 3 aliphatic carbocycles. The fraction of sp³-hybridized carbons (Fsp3) is 0.517. The lowest BCUT2D eigenvalue weighted by Gasteiger charge is -2.54. The third-order valence-electron chi connectivity index (χ3n) is 8.47. The van der Waals surface area contributed by atoms with E-state index < -0.39 is 87.0 Å². The first kappa shape index (κ1) is 29.3. The van der Waals surface area contributed by atoms with Crippen molar-refractivity contribution in [1.29, 1.82) is 0 Å². The van der Waals surface area contributed by atoms with Crippen LogP contribution in [0.3, 0.4) is 0 Å². The maximum absolute atomic E-state index is 14.1. The Bertz CT molecular complexity index is 1400. The minimum absolute atomic E-state index is 0.0804. The van der Waals surface area contributed by atoms with Gasteiger partial charge in [0.1, 0.15) is 28.9 Å². The molecule has 0 fully saturated rings. The number of fused-ring (bicyclic) bond motifs is 3. The standard InChI is InChI=1S/C29H36N2O9/c1-8-14(32)40-24-15-11(2)12-9-10-13(28(3,4)5)21(33)16(12)22(34)17(15)25(36)29(39)19(24)20(31(6)7)23(35)18(26(29)37)27(30)38/h9-11,15,19-20,24,33,35-36,39H,8H2,1-7H3,(H2,30,38)/t11-,15+,19+,20-,24-,29-/m1/s1. The summed E-state index contributed by atoms with van der Waals surface area (Å²) in [6.07, 6.45) is -1.49. The molecule has 0 unspecified atom stereocenters. The molecule has 11 heteroatoms. The number of hydrogen-bond donors (Lipinski definition) is 5. The maximum Gasteiger partial charge on any atom is 0.305 e. The molecule has 11 nitrogen and oxygen atoms in total. The van der Waals surface area contributed by atoms with E-state index in [1.807, 2.05) is 20.8 Å². The van der Waals surface area contributed by atoms with Crippen molar-refractivity contribution >= 4 is 23.4 Å². The number of hydrogen-bond acceptors (Lipinski definition) is 10. The predicted molar refractivity (Wildman–Crippen MR) is 143 cm³/mol. The molecule has 0 saturated heterocycles. The molecule has 0 bridgehead atoms. The third kappa shape index (κ3) is 3.86. The van der Waals surface area contributed by atoms with Crippen molar-refractivity contribution in [2.24, 2.45) is 17.6 Å². The van der Waals surface area contributed by atoms with E-state index in [4.69, 9.17) is 10.5 Å². The van der Waals surface area contributed by atoms with Crippen molar-refractivity contribution < 1.29 is 44.3 Å². The summed E-state index contributed by atoms with van der Waals surface area (Å²) in [5, 5.41) is 46.0. The normalized spacial score (nSPS) is 30.2. The molecule has 0 radical (unpaired) electrons. The van der Waals surface area contributed by atoms with E-state index >= 15 is 0 Å². The molecular formula is C29H36N2O9. The number of phenolic OH excluding ortho intramolecular Hbond substituents is 1. The van der Waals surface area contributed by atoms with Gasteiger partial charge >= 0.3 is 5.97 Å². The first-order valence-electron chi connectivity index (χ1n) is 13.1. The highest BCUT2D eigenvalue weighted by molar-refractivity contribution is 6.25. The van der Waals surface area contributed by atoms with Crippen LogP contribution in [0.25, 0.3) is 0 Å². The van der Waals surface area contributed by atoms with Crippen LogP contribution in [0.15, 0.2) is 34.8 Å². The van der Waals surface area contributed by atoms with Gasteiger partial charge in [0.25, 0.3) is 5.91 Å². The highest BCUT2D eigenvalue weighted by atomic mass is 16.5. The van der Waals surface area contributed by atoms with Gasteiger partial charge in [-0.15, -0.1) is 0 Å². The zero-order valence-corrected chi connectivity index (χ0v) is 23.6. The predicted octanol–water partition coefficient (Wildman–Crippen LogP) is 1.91. The minimum atomic E-state index is -2.96. The van der Waals surface area contributed by atoms with Gasteiger partial charge in [0.15, 0.2) is 11.4 Å². The highest BCUT2D eigenvalue weighted by Gasteiger charge is 2.68. The molecule has 0 saturated carbocycles. The number of likely N-dealkylation sites (N-methyl/N-ethyl adjacent to an activating group) is 1. The number of amides is 1. The first-order valence-corrected chi connectivity index (χ1v) is 13.1. The number of phenols is 1. The van der Waals surface area contributed by atoms with Crippen LogP contribution in [-0.4, -0.2) is 80.6 Å². The van der Waals surface area contributed by atoms with Crippen molar-refractivity contribution in [3.63, 3.8) is 0 Å². The average molecular weight is 557 g/mol. The summed E-state index contributed by atoms with van der Waals surface area (Å²) in [7, 11) is 3.00. The summed E-state index contributed by atoms with van der Waals surface area (Å²) in [4.78, 5) is 54.2. The van der Waals surface area contributed by atoms with Crippen LogP contribution in [-0.2, 0) is 24.5 Å². The van der Waals surface area contributed by atoms with Crippen molar-refractivity contribution in [1.82, 2.24) is 4.90 Å². The molecule has 0 aliphatic heterocycles. The number of carbonyl (C=O) groups is 4. The van der Waals surface area contributed by atoms with Gasteiger partial charge in [-0.1, -0.05) is 46.8 Å². The van der Waals surface area contributed by atoms with Crippen molar-refractivity contribution in [3.8, 4) is 5.75 Å². The lowest BCUT2D eigenvalue weighted by molar-refractivity contribution is -0.180. The van der Waals surface area contributed by atoms with Crippen molar-refractivity contribution in [2.75, 3.05) is 14.1 Å². The number of carbonyl (C=O) groups excluding carboxylic acids is 4. The zero-order chi connectivity index (χ0) is 30.2. The molecular weight excluding hydrogens is 520 g/mol. The van der Waals surface area contributed by atoms with E-state index in [0.717, 1.165) is 0 Å². The van der Waals surface area contributed by atoms with Crippen LogP contribution in [0.4, 0.5) is 0 Å². The summed E-state index contributed by atoms with van der Waals surface area (Å²) in [6, 6.07) is 2.09. The van der Waals surface area contributed by atoms with Crippen molar-refractivity contribution in [2.45, 2.75) is 70.1 Å². The number of rotatable bonds is 4. The molecule has 0 heterocycles. The molecule has 1 amide bonds. The summed E-state index contributed by atoms with van der Waals surface area (Å²) >= 11 is 0. The number of ether oxygens (including phenoxy) is 1. The van der Waals surface area contributed by atoms with Crippen LogP contribution in [0.2, 0.25) is 0 Å². The quantitative estimate of drug-likeness (QED) is 0.271. The SMILES string of the molecule is CCC(=O)O[C@@H]1[C@@H]2C(=C(O)[C@@]3(O)C(=O)C(C(N)=O)=C(O)[C@H](N(C)C)[C@@H]13)C(=O)c1c(ccc(C(C)(C)C)c1O)[C@H]2C. The average Bonchev–Trinajstić information content (AvgIpc) is 2.84. The van der Waals surface area contributed by atoms with E-state index in [2.05, 4.69) is 0 Å². The van der Waals surface area contributed by atoms with E-state index in [1.165, 1.54) is 19.0 Å². The van der Waals surface area contributed by atoms with Gasteiger partial charge in [-0.2, -0.15) is 0 Å². The summed E-state index contributed by atoms with van der Waals surface area (Å²) in [5.74, 6) is -9.65. The molecule has 6 N–H and O–H groups in total. The molecule has 216 valence electrons. The maximum atomic E-state index is 14.1. The number of ketones is 2. The third-order valence-corrected chi connectivity index (χ3v) is 8.47. The number of aliphatic hydroxyl groups is 3. The number of esters is 1. The number of Topliss-reactive ketones (excluding diaryl/α,β-unsaturated/α-hetero) is 2. The number of nitrogens with two attached hydrogens (primary N) is 1. The highest BCUT2D eigenvalue weighted by Crippen LogP contribution is 2.57. The zero-order valence-electron chi connectivity index (χ0n) is 23.6. The summed E-state index contributed by atoms with van der Waals surface area (Å²) in [6.45, 7) is 8.82. The Hall–Kier alpha value is -3.70. The fourth-order valence-corrected chi connectivity index (χ4v) is 6.58. The van der Waals surface area contributed by atoms with Gasteiger partial charge in [0, 0.05) is 23.5 Å². The largest absolute Gasteiger partial charge is 0.510 e. The Kier molecular flexibility index (Phi) is 6.92. The second kappa shape index (κ2) is 9.45. The lowest BCUT2D eigenvalue weighted by Crippen LogP contribution is -2.69. The van der Waals surface area contributed by atoms with Gasteiger partial charge in [-0.3, -0.25) is 24.1 Å². The van der Waals surface area contributed by atoms with Crippen LogP contribution in [0, 0.1) is 11.8 Å². The molecule has 1 aromatic rings. The molecule has 1 aromatic carbocycles. The van der Waals surface area contributed by atoms with Gasteiger partial charge < -0.3 is 30.9 Å². The summed E-state index contributed by atoms with van der Waals surface area (Å²) in [5.41, 5.74) is 1.35. The second-order valence-corrected chi connectivity index (χ2v) is 12.0. The second-order valence-electron chi connectivity index (χ2n) is 12.0. The van der Waals surface area contributed by atoms with Crippen molar-refractivity contribution in [3.05, 3.63) is 51.5 Å². The smallest absolute Gasteiger partial charge is 0.305 e. The lowest BCUT2D eigenvalue weighted by atomic mass is 9.55. The topological polar surface area (TPSA) is 188 Å². The molecule has 0 aromatic heterocycles. The Morgan fingerprint density at radius 2 is 1.73 bits per heavy atom. The van der Waals surface area contributed by atoms with E-state index in [9.17, 15) is 39.6 Å². The molecule has 6 atom stereocenters. The van der Waals surface area contributed by atoms with Gasteiger partial charge in [0.2, 0.25) is 5.78 Å². The Morgan fingerprint density at radius 1 is 1.12 bits per heavy atom. The van der Waals surface area contributed by atoms with Gasteiger partial charge in [0.05, 0.1) is 17.5 Å². The fourth-order valence-electron chi connectivity index (χ4n) is 6.58.